The molecule has 0 spiro atoms. The molecule has 1 atom stereocenters. The minimum absolute atomic E-state index is 0.0430. The molecule has 1 heterocycles. The summed E-state index contributed by atoms with van der Waals surface area (Å²) in [6.07, 6.45) is 3.96. The third kappa shape index (κ3) is 4.11. The highest BCUT2D eigenvalue weighted by Gasteiger charge is 2.14. The van der Waals surface area contributed by atoms with Crippen molar-refractivity contribution >= 4 is 16.9 Å². The SMILES string of the molecule is Cc1ccc2c(CC(=O)N[C@@H](C)CCc3ccccc3)coc2c1C. The van der Waals surface area contributed by atoms with Crippen LogP contribution in [-0.4, -0.2) is 11.9 Å². The smallest absolute Gasteiger partial charge is 0.224 e. The van der Waals surface area contributed by atoms with Crippen LogP contribution in [0.1, 0.15) is 35.6 Å². The quantitative estimate of drug-likeness (QED) is 0.707. The van der Waals surface area contributed by atoms with Gasteiger partial charge in [-0.3, -0.25) is 4.79 Å². The fraction of sp³-hybridized carbons (Fsp3) is 0.318. The zero-order valence-electron chi connectivity index (χ0n) is 15.1. The molecule has 0 saturated carbocycles. The number of carbonyl (C=O) groups excluding carboxylic acids is 1. The molecule has 1 amide bonds. The highest BCUT2D eigenvalue weighted by atomic mass is 16.3. The van der Waals surface area contributed by atoms with Crippen molar-refractivity contribution in [2.75, 3.05) is 0 Å². The van der Waals surface area contributed by atoms with Crippen molar-refractivity contribution in [3.8, 4) is 0 Å². The van der Waals surface area contributed by atoms with E-state index in [0.29, 0.717) is 6.42 Å². The summed E-state index contributed by atoms with van der Waals surface area (Å²) in [6.45, 7) is 6.18. The number of furan rings is 1. The lowest BCUT2D eigenvalue weighted by atomic mass is 10.0. The summed E-state index contributed by atoms with van der Waals surface area (Å²) in [5.41, 5.74) is 5.48. The van der Waals surface area contributed by atoms with Gasteiger partial charge in [-0.15, -0.1) is 0 Å². The summed E-state index contributed by atoms with van der Waals surface area (Å²) in [5.74, 6) is 0.0430. The van der Waals surface area contributed by atoms with Crippen molar-refractivity contribution in [3.63, 3.8) is 0 Å². The highest BCUT2D eigenvalue weighted by molar-refractivity contribution is 5.89. The summed E-state index contributed by atoms with van der Waals surface area (Å²) in [7, 11) is 0. The fourth-order valence-corrected chi connectivity index (χ4v) is 3.12. The van der Waals surface area contributed by atoms with Crippen molar-refractivity contribution in [1.29, 1.82) is 0 Å². The number of benzene rings is 2. The Kier molecular flexibility index (Phi) is 5.22. The molecule has 0 radical (unpaired) electrons. The third-order valence-electron chi connectivity index (χ3n) is 4.81. The maximum atomic E-state index is 12.4. The molecule has 0 saturated heterocycles. The Hall–Kier alpha value is -2.55. The van der Waals surface area contributed by atoms with Crippen LogP contribution in [0.2, 0.25) is 0 Å². The first-order chi connectivity index (χ1) is 12.0. The number of aryl methyl sites for hydroxylation is 3. The van der Waals surface area contributed by atoms with Gasteiger partial charge >= 0.3 is 0 Å². The molecule has 3 aromatic rings. The monoisotopic (exact) mass is 335 g/mol. The van der Waals surface area contributed by atoms with E-state index in [4.69, 9.17) is 4.42 Å². The zero-order valence-corrected chi connectivity index (χ0v) is 15.1. The van der Waals surface area contributed by atoms with E-state index in [1.54, 1.807) is 6.26 Å². The van der Waals surface area contributed by atoms with Gasteiger partial charge in [0.2, 0.25) is 5.91 Å². The molecule has 0 aliphatic heterocycles. The molecule has 1 aromatic heterocycles. The molecular weight excluding hydrogens is 310 g/mol. The van der Waals surface area contributed by atoms with Gasteiger partial charge in [-0.1, -0.05) is 42.5 Å². The lowest BCUT2D eigenvalue weighted by Gasteiger charge is -2.13. The predicted molar refractivity (Wildman–Crippen MR) is 102 cm³/mol. The average Bonchev–Trinajstić information content (AvgIpc) is 3.00. The maximum Gasteiger partial charge on any atom is 0.224 e. The molecule has 2 aromatic carbocycles. The lowest BCUT2D eigenvalue weighted by Crippen LogP contribution is -2.34. The van der Waals surface area contributed by atoms with Gasteiger partial charge in [-0.2, -0.15) is 0 Å². The Bertz CT molecular complexity index is 864. The van der Waals surface area contributed by atoms with E-state index in [1.165, 1.54) is 11.1 Å². The Labute approximate surface area is 149 Å². The molecule has 0 bridgehead atoms. The number of hydrogen-bond donors (Lipinski definition) is 1. The van der Waals surface area contributed by atoms with Crippen LogP contribution >= 0.6 is 0 Å². The Balaban J connectivity index is 1.58. The van der Waals surface area contributed by atoms with Crippen LogP contribution in [0.4, 0.5) is 0 Å². The highest BCUT2D eigenvalue weighted by Crippen LogP contribution is 2.26. The number of hydrogen-bond acceptors (Lipinski definition) is 2. The Morgan fingerprint density at radius 2 is 1.88 bits per heavy atom. The largest absolute Gasteiger partial charge is 0.464 e. The molecule has 130 valence electrons. The molecule has 25 heavy (non-hydrogen) atoms. The first kappa shape index (κ1) is 17.3. The van der Waals surface area contributed by atoms with Crippen molar-refractivity contribution in [2.24, 2.45) is 0 Å². The van der Waals surface area contributed by atoms with E-state index < -0.39 is 0 Å². The minimum atomic E-state index is 0.0430. The first-order valence-corrected chi connectivity index (χ1v) is 8.84. The second kappa shape index (κ2) is 7.56. The van der Waals surface area contributed by atoms with E-state index in [2.05, 4.69) is 44.3 Å². The van der Waals surface area contributed by atoms with Gasteiger partial charge in [-0.05, 0) is 50.3 Å². The lowest BCUT2D eigenvalue weighted by molar-refractivity contribution is -0.121. The van der Waals surface area contributed by atoms with Gasteiger partial charge in [0.25, 0.3) is 0 Å². The predicted octanol–water partition coefficient (Wildman–Crippen LogP) is 4.73. The number of carbonyl (C=O) groups is 1. The van der Waals surface area contributed by atoms with Gasteiger partial charge in [0.15, 0.2) is 0 Å². The van der Waals surface area contributed by atoms with E-state index in [0.717, 1.165) is 34.9 Å². The molecule has 0 unspecified atom stereocenters. The van der Waals surface area contributed by atoms with E-state index in [9.17, 15) is 4.79 Å². The molecule has 3 rings (SSSR count). The number of nitrogens with one attached hydrogen (secondary N) is 1. The van der Waals surface area contributed by atoms with Crippen LogP contribution in [0, 0.1) is 13.8 Å². The maximum absolute atomic E-state index is 12.4. The molecule has 0 aliphatic carbocycles. The normalized spacial score (nSPS) is 12.3. The van der Waals surface area contributed by atoms with Crippen LogP contribution in [0.3, 0.4) is 0 Å². The van der Waals surface area contributed by atoms with E-state index in [-0.39, 0.29) is 11.9 Å². The van der Waals surface area contributed by atoms with Crippen LogP contribution in [0.25, 0.3) is 11.0 Å². The molecule has 1 N–H and O–H groups in total. The molecule has 0 aliphatic rings. The zero-order chi connectivity index (χ0) is 17.8. The van der Waals surface area contributed by atoms with Crippen molar-refractivity contribution in [3.05, 3.63) is 71.0 Å². The van der Waals surface area contributed by atoms with Gasteiger partial charge < -0.3 is 9.73 Å². The van der Waals surface area contributed by atoms with Crippen molar-refractivity contribution in [1.82, 2.24) is 5.32 Å². The van der Waals surface area contributed by atoms with Gasteiger partial charge in [0, 0.05) is 17.0 Å². The van der Waals surface area contributed by atoms with Crippen LogP contribution in [-0.2, 0) is 17.6 Å². The van der Waals surface area contributed by atoms with Crippen LogP contribution < -0.4 is 5.32 Å². The Morgan fingerprint density at radius 1 is 1.12 bits per heavy atom. The minimum Gasteiger partial charge on any atom is -0.464 e. The first-order valence-electron chi connectivity index (χ1n) is 8.84. The van der Waals surface area contributed by atoms with Crippen LogP contribution in [0.5, 0.6) is 0 Å². The number of amides is 1. The fourth-order valence-electron chi connectivity index (χ4n) is 3.12. The van der Waals surface area contributed by atoms with Gasteiger partial charge in [-0.25, -0.2) is 0 Å². The summed E-state index contributed by atoms with van der Waals surface area (Å²) in [4.78, 5) is 12.4. The van der Waals surface area contributed by atoms with Gasteiger partial charge in [0.05, 0.1) is 12.7 Å². The summed E-state index contributed by atoms with van der Waals surface area (Å²) in [5, 5.41) is 4.14. The molecule has 3 nitrogen and oxygen atoms in total. The summed E-state index contributed by atoms with van der Waals surface area (Å²) < 4.78 is 5.69. The van der Waals surface area contributed by atoms with E-state index in [1.807, 2.05) is 24.3 Å². The number of fused-ring (bicyclic) bond motifs is 1. The van der Waals surface area contributed by atoms with Crippen molar-refractivity contribution in [2.45, 2.75) is 46.1 Å². The topological polar surface area (TPSA) is 42.2 Å². The second-order valence-electron chi connectivity index (χ2n) is 6.81. The molecule has 3 heteroatoms. The molecule has 0 fully saturated rings. The second-order valence-corrected chi connectivity index (χ2v) is 6.81. The Morgan fingerprint density at radius 3 is 2.64 bits per heavy atom. The third-order valence-corrected chi connectivity index (χ3v) is 4.81. The number of rotatable bonds is 6. The summed E-state index contributed by atoms with van der Waals surface area (Å²) in [6, 6.07) is 14.6. The molecular formula is C22H25NO2. The van der Waals surface area contributed by atoms with Crippen molar-refractivity contribution < 1.29 is 9.21 Å². The standard InChI is InChI=1S/C22H25NO2/c1-15-9-12-20-19(14-25-22(20)17(15)3)13-21(24)23-16(2)10-11-18-7-5-4-6-8-18/h4-9,12,14,16H,10-11,13H2,1-3H3,(H,23,24)/t16-/m0/s1. The summed E-state index contributed by atoms with van der Waals surface area (Å²) >= 11 is 0. The van der Waals surface area contributed by atoms with Crippen LogP contribution in [0.15, 0.2) is 53.1 Å². The average molecular weight is 335 g/mol. The van der Waals surface area contributed by atoms with E-state index >= 15 is 0 Å². The van der Waals surface area contributed by atoms with Gasteiger partial charge in [0.1, 0.15) is 5.58 Å².